The van der Waals surface area contributed by atoms with Gasteiger partial charge in [-0.2, -0.15) is 0 Å². The first-order valence-corrected chi connectivity index (χ1v) is 16.9. The van der Waals surface area contributed by atoms with E-state index in [1.54, 1.807) is 35.9 Å². The van der Waals surface area contributed by atoms with Crippen molar-refractivity contribution in [1.82, 2.24) is 9.80 Å². The number of carbonyl (C=O) groups is 4. The monoisotopic (exact) mass is 663 g/mol. The van der Waals surface area contributed by atoms with Gasteiger partial charge in [-0.15, -0.1) is 0 Å². The number of fused-ring (bicyclic) bond motifs is 3. The van der Waals surface area contributed by atoms with Crippen LogP contribution in [0, 0.1) is 11.8 Å². The molecule has 0 saturated carbocycles. The van der Waals surface area contributed by atoms with Gasteiger partial charge in [0.15, 0.2) is 0 Å². The number of rotatable bonds is 4. The molecule has 2 saturated heterocycles. The summed E-state index contributed by atoms with van der Waals surface area (Å²) in [7, 11) is 1.70. The van der Waals surface area contributed by atoms with Crippen molar-refractivity contribution in [2.24, 2.45) is 11.8 Å². The highest BCUT2D eigenvalue weighted by atomic mass is 16.6. The predicted molar refractivity (Wildman–Crippen MR) is 183 cm³/mol. The van der Waals surface area contributed by atoms with Gasteiger partial charge >= 0.3 is 5.97 Å². The Bertz CT molecular complexity index is 1840. The van der Waals surface area contributed by atoms with Crippen LogP contribution in [0.4, 0.5) is 5.69 Å². The van der Waals surface area contributed by atoms with E-state index in [2.05, 4.69) is 0 Å². The molecule has 10 nitrogen and oxygen atoms in total. The van der Waals surface area contributed by atoms with E-state index in [0.29, 0.717) is 17.7 Å². The summed E-state index contributed by atoms with van der Waals surface area (Å²) >= 11 is 0. The first-order valence-electron chi connectivity index (χ1n) is 16.9. The van der Waals surface area contributed by atoms with Crippen LogP contribution in [0.25, 0.3) is 10.8 Å². The Morgan fingerprint density at radius 3 is 2.43 bits per heavy atom. The van der Waals surface area contributed by atoms with Crippen molar-refractivity contribution in [2.45, 2.75) is 62.6 Å². The molecule has 0 unspecified atom stereocenters. The third-order valence-corrected chi connectivity index (χ3v) is 10.7. The van der Waals surface area contributed by atoms with Crippen LogP contribution in [0.15, 0.2) is 97.1 Å². The zero-order valence-electron chi connectivity index (χ0n) is 27.8. The van der Waals surface area contributed by atoms with Crippen LogP contribution in [-0.4, -0.2) is 88.6 Å². The number of cyclic esters (lactones) is 1. The molecule has 0 aromatic heterocycles. The Balaban J connectivity index is 1.35. The maximum absolute atomic E-state index is 15.0. The van der Waals surface area contributed by atoms with E-state index in [9.17, 15) is 19.5 Å². The largest absolute Gasteiger partial charge is 0.455 e. The molecule has 49 heavy (non-hydrogen) atoms. The van der Waals surface area contributed by atoms with E-state index >= 15 is 4.79 Å². The molecule has 2 fully saturated rings. The minimum atomic E-state index is -1.45. The Kier molecular flexibility index (Phi) is 8.62. The number of allylic oxidation sites excluding steroid dienone is 1. The number of hydrogen-bond acceptors (Lipinski definition) is 7. The van der Waals surface area contributed by atoms with Crippen molar-refractivity contribution in [2.75, 3.05) is 25.1 Å². The van der Waals surface area contributed by atoms with Crippen LogP contribution in [0.5, 0.6) is 0 Å². The molecule has 1 N–H and O–H groups in total. The van der Waals surface area contributed by atoms with Gasteiger partial charge in [0.05, 0.1) is 30.7 Å². The molecule has 5 bridgehead atoms. The van der Waals surface area contributed by atoms with Crippen LogP contribution in [0.1, 0.15) is 38.4 Å². The number of ether oxygens (including phenoxy) is 2. The van der Waals surface area contributed by atoms with Crippen LogP contribution in [-0.2, 0) is 28.7 Å². The van der Waals surface area contributed by atoms with Gasteiger partial charge in [-0.25, -0.2) is 0 Å². The van der Waals surface area contributed by atoms with Gasteiger partial charge in [0.2, 0.25) is 11.8 Å². The quantitative estimate of drug-likeness (QED) is 0.329. The summed E-state index contributed by atoms with van der Waals surface area (Å²) in [5, 5.41) is 12.3. The summed E-state index contributed by atoms with van der Waals surface area (Å²) < 4.78 is 12.8. The van der Waals surface area contributed by atoms with Gasteiger partial charge in [0.1, 0.15) is 23.7 Å². The summed E-state index contributed by atoms with van der Waals surface area (Å²) in [6, 6.07) is 20.4. The van der Waals surface area contributed by atoms with E-state index in [4.69, 9.17) is 9.47 Å². The third kappa shape index (κ3) is 5.43. The van der Waals surface area contributed by atoms with Gasteiger partial charge in [0.25, 0.3) is 5.91 Å². The zero-order valence-corrected chi connectivity index (χ0v) is 27.8. The summed E-state index contributed by atoms with van der Waals surface area (Å²) in [4.78, 5) is 61.9. The minimum absolute atomic E-state index is 0.117. The second-order valence-corrected chi connectivity index (χ2v) is 13.5. The smallest absolute Gasteiger partial charge is 0.313 e. The first kappa shape index (κ1) is 32.7. The predicted octanol–water partition coefficient (Wildman–Crippen LogP) is 4.19. The Morgan fingerprint density at radius 1 is 0.939 bits per heavy atom. The molecule has 1 spiro atoms. The van der Waals surface area contributed by atoms with E-state index in [1.807, 2.05) is 91.9 Å². The highest BCUT2D eigenvalue weighted by molar-refractivity contribution is 6.06. The lowest BCUT2D eigenvalue weighted by atomic mass is 9.74. The van der Waals surface area contributed by atoms with Crippen molar-refractivity contribution in [3.05, 3.63) is 103 Å². The molecule has 4 aliphatic rings. The SMILES string of the molecule is C[C@@H]1[C@@H](c2ccccc2)OC(=O)[C@@H]2[C@@H]3C=C[C@]4(O3)[C@H](C(=O)N(c3ccc5ccccc5c3)C/C=C\CCC(=O)N1C)N([C@H](C)CO)C(=O)[C@@H]24. The van der Waals surface area contributed by atoms with Gasteiger partial charge in [-0.05, 0) is 48.7 Å². The van der Waals surface area contributed by atoms with E-state index in [1.165, 1.54) is 4.90 Å². The highest BCUT2D eigenvalue weighted by Gasteiger charge is 2.74. The summed E-state index contributed by atoms with van der Waals surface area (Å²) in [5.41, 5.74) is -0.111. The lowest BCUT2D eigenvalue weighted by Crippen LogP contribution is -2.58. The average Bonchev–Trinajstić information content (AvgIpc) is 3.77. The summed E-state index contributed by atoms with van der Waals surface area (Å²) in [6.07, 6.45) is 6.29. The molecule has 7 rings (SSSR count). The topological polar surface area (TPSA) is 117 Å². The minimum Gasteiger partial charge on any atom is -0.455 e. The van der Waals surface area contributed by atoms with Crippen LogP contribution in [0.2, 0.25) is 0 Å². The molecule has 3 aromatic rings. The number of aliphatic hydroxyl groups is 1. The van der Waals surface area contributed by atoms with E-state index in [0.717, 1.165) is 10.8 Å². The number of benzene rings is 3. The molecule has 10 heteroatoms. The molecular weight excluding hydrogens is 622 g/mol. The van der Waals surface area contributed by atoms with Gasteiger partial charge in [-0.1, -0.05) is 85.0 Å². The number of hydrogen-bond donors (Lipinski definition) is 1. The molecule has 8 atom stereocenters. The standard InChI is InChI=1S/C39H41N3O7/c1-24(23-43)42-35-37(46)41(29-18-17-26-12-9-10-15-28(26)22-29)21-11-5-8-16-31(44)40(3)25(2)34(27-13-6-4-7-14-27)48-38(47)32-30-19-20-39(35,49-30)33(32)36(42)45/h4-7,9-15,17-20,22,24-25,30,32-35,43H,8,16,21,23H2,1-3H3/b11-5-/t24-,25-,30+,32-,33-,34+,35+,39-/m1/s1. The van der Waals surface area contributed by atoms with E-state index < -0.39 is 65.6 Å². The normalized spacial score (nSPS) is 31.7. The summed E-state index contributed by atoms with van der Waals surface area (Å²) in [5.74, 6) is -3.68. The number of amides is 3. The highest BCUT2D eigenvalue weighted by Crippen LogP contribution is 2.56. The van der Waals surface area contributed by atoms with Crippen molar-refractivity contribution in [1.29, 1.82) is 0 Å². The maximum Gasteiger partial charge on any atom is 0.313 e. The van der Waals surface area contributed by atoms with Crippen molar-refractivity contribution in [3.63, 3.8) is 0 Å². The third-order valence-electron chi connectivity index (χ3n) is 10.7. The maximum atomic E-state index is 15.0. The molecule has 4 heterocycles. The molecule has 3 aromatic carbocycles. The number of nitrogens with zero attached hydrogens (tertiary/aromatic N) is 3. The van der Waals surface area contributed by atoms with Crippen LogP contribution >= 0.6 is 0 Å². The fraction of sp³-hybridized carbons (Fsp3) is 0.385. The summed E-state index contributed by atoms with van der Waals surface area (Å²) in [6.45, 7) is 3.31. The van der Waals surface area contributed by atoms with Crippen LogP contribution in [0.3, 0.4) is 0 Å². The number of carbonyl (C=O) groups excluding carboxylic acids is 4. The molecule has 0 radical (unpaired) electrons. The van der Waals surface area contributed by atoms with Gasteiger partial charge < -0.3 is 29.3 Å². The number of likely N-dealkylation sites (N-methyl/N-ethyl adjacent to an activating group) is 1. The van der Waals surface area contributed by atoms with Gasteiger partial charge in [0, 0.05) is 25.7 Å². The van der Waals surface area contributed by atoms with Gasteiger partial charge in [-0.3, -0.25) is 19.2 Å². The number of likely N-dealkylation sites (tertiary alicyclic amines) is 1. The molecule has 3 amide bonds. The second kappa shape index (κ2) is 12.9. The molecular formula is C39H41N3O7. The van der Waals surface area contributed by atoms with Crippen molar-refractivity contribution >= 4 is 40.2 Å². The Morgan fingerprint density at radius 2 is 1.67 bits per heavy atom. The second-order valence-electron chi connectivity index (χ2n) is 13.5. The van der Waals surface area contributed by atoms with Crippen molar-refractivity contribution < 1.29 is 33.8 Å². The first-order chi connectivity index (χ1) is 23.7. The number of esters is 1. The average molecular weight is 664 g/mol. The lowest BCUT2D eigenvalue weighted by Gasteiger charge is -2.37. The Labute approximate surface area is 285 Å². The van der Waals surface area contributed by atoms with Crippen molar-refractivity contribution in [3.8, 4) is 0 Å². The van der Waals surface area contributed by atoms with Crippen LogP contribution < -0.4 is 4.90 Å². The zero-order chi connectivity index (χ0) is 34.4. The fourth-order valence-corrected chi connectivity index (χ4v) is 7.94. The molecule has 0 aliphatic carbocycles. The number of aliphatic hydroxyl groups excluding tert-OH is 1. The molecule has 4 aliphatic heterocycles. The molecule has 254 valence electrons. The Hall–Kier alpha value is -4.80. The number of anilines is 1. The fourth-order valence-electron chi connectivity index (χ4n) is 7.94. The van der Waals surface area contributed by atoms with E-state index in [-0.39, 0.29) is 25.5 Å². The lowest BCUT2D eigenvalue weighted by molar-refractivity contribution is -0.164.